The molecule has 0 bridgehead atoms. The number of hydrogen-bond donors (Lipinski definition) is 2. The van der Waals surface area contributed by atoms with Gasteiger partial charge >= 0.3 is 0 Å². The molecule has 0 aromatic heterocycles. The summed E-state index contributed by atoms with van der Waals surface area (Å²) in [5.41, 5.74) is 6.16. The van der Waals surface area contributed by atoms with Crippen molar-refractivity contribution in [1.82, 2.24) is 4.90 Å². The molecule has 1 aliphatic heterocycles. The fourth-order valence-electron chi connectivity index (χ4n) is 2.14. The Morgan fingerprint density at radius 1 is 1.65 bits per heavy atom. The summed E-state index contributed by atoms with van der Waals surface area (Å²) in [6.45, 7) is 0.117. The normalized spacial score (nSPS) is 21.6. The van der Waals surface area contributed by atoms with Crippen molar-refractivity contribution in [1.29, 1.82) is 0 Å². The molecule has 0 fully saturated rings. The number of rotatable bonds is 4. The van der Waals surface area contributed by atoms with Gasteiger partial charge in [0.15, 0.2) is 0 Å². The molecule has 1 aromatic rings. The lowest BCUT2D eigenvalue weighted by Crippen LogP contribution is -2.48. The lowest BCUT2D eigenvalue weighted by atomic mass is 10.1. The molecule has 0 radical (unpaired) electrons. The van der Waals surface area contributed by atoms with E-state index in [0.717, 1.165) is 0 Å². The minimum Gasteiger partial charge on any atom is -0.458 e. The third-order valence-corrected chi connectivity index (χ3v) is 2.99. The van der Waals surface area contributed by atoms with Crippen LogP contribution in [0.5, 0.6) is 5.75 Å². The highest BCUT2D eigenvalue weighted by molar-refractivity contribution is 5.93. The van der Waals surface area contributed by atoms with E-state index < -0.39 is 11.7 Å². The zero-order chi connectivity index (χ0) is 14.8. The molecule has 7 nitrogen and oxygen atoms in total. The van der Waals surface area contributed by atoms with E-state index in [4.69, 9.17) is 15.2 Å². The molecular weight excluding hydrogens is 264 g/mol. The van der Waals surface area contributed by atoms with Crippen LogP contribution in [0, 0.1) is 0 Å². The summed E-state index contributed by atoms with van der Waals surface area (Å²) in [6.07, 6.45) is 0.626. The van der Waals surface area contributed by atoms with Crippen LogP contribution in [0.3, 0.4) is 0 Å². The second-order valence-corrected chi connectivity index (χ2v) is 4.68. The molecule has 20 heavy (non-hydrogen) atoms. The van der Waals surface area contributed by atoms with E-state index in [9.17, 15) is 14.7 Å². The molecule has 1 heterocycles. The highest BCUT2D eigenvalue weighted by atomic mass is 16.6. The third-order valence-electron chi connectivity index (χ3n) is 2.99. The molecule has 0 spiro atoms. The quantitative estimate of drug-likeness (QED) is 0.722. The summed E-state index contributed by atoms with van der Waals surface area (Å²) in [6, 6.07) is 4.64. The van der Waals surface area contributed by atoms with Crippen molar-refractivity contribution in [3.05, 3.63) is 29.3 Å². The number of benzene rings is 1. The van der Waals surface area contributed by atoms with Gasteiger partial charge in [0, 0.05) is 24.8 Å². The van der Waals surface area contributed by atoms with Gasteiger partial charge in [0.05, 0.1) is 6.54 Å². The first-order valence-electron chi connectivity index (χ1n) is 6.00. The zero-order valence-electron chi connectivity index (χ0n) is 11.0. The van der Waals surface area contributed by atoms with Gasteiger partial charge in [-0.05, 0) is 12.1 Å². The number of hydrogen-bond acceptors (Lipinski definition) is 5. The molecule has 7 heteroatoms. The molecule has 0 unspecified atom stereocenters. The number of nitrogens with two attached hydrogens (primary N) is 1. The highest BCUT2D eigenvalue weighted by Crippen LogP contribution is 2.29. The summed E-state index contributed by atoms with van der Waals surface area (Å²) >= 11 is 0. The van der Waals surface area contributed by atoms with Gasteiger partial charge in [0.25, 0.3) is 0 Å². The zero-order valence-corrected chi connectivity index (χ0v) is 11.0. The van der Waals surface area contributed by atoms with Crippen LogP contribution in [0.15, 0.2) is 18.2 Å². The van der Waals surface area contributed by atoms with Gasteiger partial charge in [-0.15, -0.1) is 0 Å². The Morgan fingerprint density at radius 2 is 2.40 bits per heavy atom. The number of aliphatic hydroxyl groups is 1. The van der Waals surface area contributed by atoms with E-state index in [0.29, 0.717) is 17.7 Å². The van der Waals surface area contributed by atoms with E-state index >= 15 is 0 Å². The second-order valence-electron chi connectivity index (χ2n) is 4.68. The molecule has 0 saturated heterocycles. The molecule has 1 aromatic carbocycles. The molecule has 0 aliphatic carbocycles. The Labute approximate surface area is 115 Å². The Hall–Kier alpha value is -2.12. The van der Waals surface area contributed by atoms with Gasteiger partial charge in [-0.3, -0.25) is 9.59 Å². The van der Waals surface area contributed by atoms with E-state index in [1.54, 1.807) is 12.1 Å². The average Bonchev–Trinajstić information content (AvgIpc) is 2.53. The van der Waals surface area contributed by atoms with E-state index in [1.165, 1.54) is 18.1 Å². The number of carbonyl (C=O) groups excluding carboxylic acids is 2. The first-order chi connectivity index (χ1) is 9.47. The molecule has 108 valence electrons. The summed E-state index contributed by atoms with van der Waals surface area (Å²) in [5.74, 6) is -1.95. The molecule has 2 amide bonds. The summed E-state index contributed by atoms with van der Waals surface area (Å²) < 4.78 is 10.4. The van der Waals surface area contributed by atoms with Crippen LogP contribution in [0.2, 0.25) is 0 Å². The van der Waals surface area contributed by atoms with Gasteiger partial charge in [0.2, 0.25) is 18.1 Å². The fourth-order valence-corrected chi connectivity index (χ4v) is 2.14. The number of primary amides is 1. The van der Waals surface area contributed by atoms with Crippen molar-refractivity contribution in [2.24, 2.45) is 5.73 Å². The number of amides is 2. The van der Waals surface area contributed by atoms with Crippen LogP contribution < -0.4 is 10.5 Å². The summed E-state index contributed by atoms with van der Waals surface area (Å²) in [4.78, 5) is 23.6. The van der Waals surface area contributed by atoms with Crippen molar-refractivity contribution in [2.45, 2.75) is 12.3 Å². The van der Waals surface area contributed by atoms with Crippen molar-refractivity contribution >= 4 is 12.3 Å². The predicted molar refractivity (Wildman–Crippen MR) is 68.9 cm³/mol. The maximum Gasteiger partial charge on any atom is 0.249 e. The smallest absolute Gasteiger partial charge is 0.249 e. The Morgan fingerprint density at radius 3 is 3.00 bits per heavy atom. The molecule has 1 atom stereocenters. The van der Waals surface area contributed by atoms with Gasteiger partial charge in [-0.25, -0.2) is 0 Å². The maximum absolute atomic E-state index is 11.2. The molecular formula is C13H16N2O5. The first-order valence-corrected chi connectivity index (χ1v) is 6.00. The number of carbonyl (C=O) groups is 2. The predicted octanol–water partition coefficient (Wildman–Crippen LogP) is -0.529. The summed E-state index contributed by atoms with van der Waals surface area (Å²) in [7, 11) is 1.41. The van der Waals surface area contributed by atoms with Crippen LogP contribution in [0.1, 0.15) is 15.9 Å². The monoisotopic (exact) mass is 280 g/mol. The van der Waals surface area contributed by atoms with Gasteiger partial charge < -0.3 is 25.2 Å². The number of fused-ring (bicyclic) bond motifs is 1. The van der Waals surface area contributed by atoms with Crippen LogP contribution >= 0.6 is 0 Å². The number of nitrogens with zero attached hydrogens (tertiary/aromatic N) is 1. The molecule has 2 rings (SSSR count). The van der Waals surface area contributed by atoms with Crippen LogP contribution in [0.25, 0.3) is 0 Å². The van der Waals surface area contributed by atoms with E-state index in [-0.39, 0.29) is 25.3 Å². The standard InChI is InChI=1S/C13H16N2O5/c1-19-7-13(18)6-15(8-16)5-10-3-2-9(12(14)17)4-11(10)20-13/h2-4,8,18H,5-7H2,1H3,(H2,14,17)/t13-/m1/s1. The highest BCUT2D eigenvalue weighted by Gasteiger charge is 2.35. The van der Waals surface area contributed by atoms with E-state index in [2.05, 4.69) is 0 Å². The second kappa shape index (κ2) is 5.48. The van der Waals surface area contributed by atoms with Crippen molar-refractivity contribution in [3.63, 3.8) is 0 Å². The van der Waals surface area contributed by atoms with Gasteiger partial charge in [0.1, 0.15) is 12.4 Å². The van der Waals surface area contributed by atoms with Crippen molar-refractivity contribution < 1.29 is 24.2 Å². The number of β-amino-alcohol motifs (C(OH)–C–C–N with tert-alkyl or cyclic N) is 1. The Balaban J connectivity index is 2.42. The minimum atomic E-state index is -1.67. The fraction of sp³-hybridized carbons (Fsp3) is 0.385. The minimum absolute atomic E-state index is 0.0368. The lowest BCUT2D eigenvalue weighted by molar-refractivity contribution is -0.181. The lowest BCUT2D eigenvalue weighted by Gasteiger charge is -2.29. The number of ether oxygens (including phenoxy) is 2. The maximum atomic E-state index is 11.2. The van der Waals surface area contributed by atoms with Crippen molar-refractivity contribution in [3.8, 4) is 5.75 Å². The first kappa shape index (κ1) is 14.3. The average molecular weight is 280 g/mol. The Kier molecular flexibility index (Phi) is 3.91. The van der Waals surface area contributed by atoms with Crippen LogP contribution in [-0.2, 0) is 16.1 Å². The molecule has 1 aliphatic rings. The number of methoxy groups -OCH3 is 1. The van der Waals surface area contributed by atoms with Crippen molar-refractivity contribution in [2.75, 3.05) is 20.3 Å². The summed E-state index contributed by atoms with van der Waals surface area (Å²) in [5, 5.41) is 10.4. The van der Waals surface area contributed by atoms with Crippen LogP contribution in [0.4, 0.5) is 0 Å². The van der Waals surface area contributed by atoms with Gasteiger partial charge in [-0.1, -0.05) is 6.07 Å². The topological polar surface area (TPSA) is 102 Å². The Bertz CT molecular complexity index is 533. The third kappa shape index (κ3) is 2.89. The van der Waals surface area contributed by atoms with E-state index in [1.807, 2.05) is 0 Å². The molecule has 0 saturated carbocycles. The molecule has 3 N–H and O–H groups in total. The van der Waals surface area contributed by atoms with Crippen LogP contribution in [-0.4, -0.2) is 48.4 Å². The largest absolute Gasteiger partial charge is 0.458 e. The SMILES string of the molecule is COC[C@@]1(O)CN(C=O)Cc2ccc(C(N)=O)cc2O1. The van der Waals surface area contributed by atoms with Gasteiger partial charge in [-0.2, -0.15) is 0 Å².